The van der Waals surface area contributed by atoms with E-state index in [2.05, 4.69) is 27.0 Å². The summed E-state index contributed by atoms with van der Waals surface area (Å²) in [5, 5.41) is 7.35. The lowest BCUT2D eigenvalue weighted by molar-refractivity contribution is -0.0757. The van der Waals surface area contributed by atoms with Crippen LogP contribution in [-0.4, -0.2) is 42.6 Å². The Hall–Kier alpha value is -1.63. The monoisotopic (exact) mass is 346 g/mol. The van der Waals surface area contributed by atoms with Crippen molar-refractivity contribution in [3.05, 3.63) is 46.5 Å². The molecule has 2 aromatic heterocycles. The van der Waals surface area contributed by atoms with Crippen LogP contribution in [0, 0.1) is 5.92 Å². The maximum atomic E-state index is 12.0. The molecule has 2 aromatic rings. The van der Waals surface area contributed by atoms with Crippen LogP contribution in [0.5, 0.6) is 0 Å². The average Bonchev–Trinajstić information content (AvgIpc) is 3.34. The summed E-state index contributed by atoms with van der Waals surface area (Å²) < 4.78 is 11.2. The minimum atomic E-state index is -0.144. The SMILES string of the molecule is O=C(NC[C@@H]1CC[C@H]2[C@H]1OCCN2Cc1ccsc1)c1ccco1. The Morgan fingerprint density at radius 2 is 2.33 bits per heavy atom. The fourth-order valence-electron chi connectivity index (χ4n) is 3.89. The van der Waals surface area contributed by atoms with Crippen LogP contribution in [-0.2, 0) is 11.3 Å². The molecular formula is C18H22N2O3S. The first-order valence-corrected chi connectivity index (χ1v) is 9.44. The second-order valence-corrected chi connectivity index (χ2v) is 7.31. The molecule has 1 saturated carbocycles. The zero-order valence-corrected chi connectivity index (χ0v) is 14.3. The van der Waals surface area contributed by atoms with Gasteiger partial charge in [-0.25, -0.2) is 0 Å². The Morgan fingerprint density at radius 1 is 1.38 bits per heavy atom. The number of carbonyl (C=O) groups excluding carboxylic acids is 1. The highest BCUT2D eigenvalue weighted by atomic mass is 32.1. The smallest absolute Gasteiger partial charge is 0.286 e. The van der Waals surface area contributed by atoms with E-state index in [1.165, 1.54) is 11.8 Å². The van der Waals surface area contributed by atoms with Crippen LogP contribution in [0.15, 0.2) is 39.6 Å². The van der Waals surface area contributed by atoms with Gasteiger partial charge in [0.1, 0.15) is 0 Å². The van der Waals surface area contributed by atoms with Crippen LogP contribution in [0.2, 0.25) is 0 Å². The quantitative estimate of drug-likeness (QED) is 0.904. The van der Waals surface area contributed by atoms with Gasteiger partial charge in [-0.1, -0.05) is 0 Å². The van der Waals surface area contributed by atoms with E-state index >= 15 is 0 Å². The van der Waals surface area contributed by atoms with E-state index in [0.717, 1.165) is 32.5 Å². The summed E-state index contributed by atoms with van der Waals surface area (Å²) in [5.41, 5.74) is 1.38. The number of nitrogens with one attached hydrogen (secondary N) is 1. The zero-order chi connectivity index (χ0) is 16.4. The molecule has 1 N–H and O–H groups in total. The first kappa shape index (κ1) is 15.9. The van der Waals surface area contributed by atoms with Crippen molar-refractivity contribution >= 4 is 17.2 Å². The lowest BCUT2D eigenvalue weighted by Gasteiger charge is -2.39. The molecule has 0 bridgehead atoms. The third-order valence-corrected chi connectivity index (χ3v) is 5.80. The van der Waals surface area contributed by atoms with Gasteiger partial charge in [0.15, 0.2) is 5.76 Å². The molecule has 24 heavy (non-hydrogen) atoms. The minimum Gasteiger partial charge on any atom is -0.459 e. The fourth-order valence-corrected chi connectivity index (χ4v) is 4.55. The molecule has 0 aromatic carbocycles. The molecule has 2 aliphatic rings. The molecule has 128 valence electrons. The molecule has 0 spiro atoms. The Kier molecular flexibility index (Phi) is 4.69. The van der Waals surface area contributed by atoms with Crippen LogP contribution in [0.1, 0.15) is 29.0 Å². The summed E-state index contributed by atoms with van der Waals surface area (Å²) in [6, 6.07) is 6.08. The van der Waals surface area contributed by atoms with E-state index in [0.29, 0.717) is 24.3 Å². The number of furan rings is 1. The van der Waals surface area contributed by atoms with Crippen molar-refractivity contribution in [2.75, 3.05) is 19.7 Å². The van der Waals surface area contributed by atoms with Crippen molar-refractivity contribution in [2.45, 2.75) is 31.5 Å². The molecule has 0 unspecified atom stereocenters. The molecule has 1 aliphatic carbocycles. The lowest BCUT2D eigenvalue weighted by atomic mass is 10.0. The average molecular weight is 346 g/mol. The molecule has 3 atom stereocenters. The van der Waals surface area contributed by atoms with E-state index in [-0.39, 0.29) is 12.0 Å². The first-order chi connectivity index (χ1) is 11.8. The summed E-state index contributed by atoms with van der Waals surface area (Å²) in [6.45, 7) is 3.41. The highest BCUT2D eigenvalue weighted by Crippen LogP contribution is 2.35. The molecule has 1 aliphatic heterocycles. The molecule has 5 nitrogen and oxygen atoms in total. The van der Waals surface area contributed by atoms with E-state index < -0.39 is 0 Å². The summed E-state index contributed by atoms with van der Waals surface area (Å²) >= 11 is 1.75. The predicted molar refractivity (Wildman–Crippen MR) is 92.0 cm³/mol. The third kappa shape index (κ3) is 3.27. The van der Waals surface area contributed by atoms with Gasteiger partial charge in [-0.15, -0.1) is 0 Å². The third-order valence-electron chi connectivity index (χ3n) is 5.07. The molecule has 3 heterocycles. The number of rotatable bonds is 5. The molecule has 1 saturated heterocycles. The van der Waals surface area contributed by atoms with Gasteiger partial charge >= 0.3 is 0 Å². The van der Waals surface area contributed by atoms with Crippen molar-refractivity contribution in [3.8, 4) is 0 Å². The second kappa shape index (κ2) is 7.09. The minimum absolute atomic E-state index is 0.144. The molecule has 0 radical (unpaired) electrons. The van der Waals surface area contributed by atoms with Crippen molar-refractivity contribution < 1.29 is 13.9 Å². The highest BCUT2D eigenvalue weighted by Gasteiger charge is 2.42. The van der Waals surface area contributed by atoms with E-state index in [9.17, 15) is 4.79 Å². The van der Waals surface area contributed by atoms with E-state index in [1.807, 2.05) is 0 Å². The normalized spacial score (nSPS) is 27.1. The van der Waals surface area contributed by atoms with Gasteiger partial charge in [0.25, 0.3) is 5.91 Å². The first-order valence-electron chi connectivity index (χ1n) is 8.49. The van der Waals surface area contributed by atoms with Crippen LogP contribution < -0.4 is 5.32 Å². The number of fused-ring (bicyclic) bond motifs is 1. The van der Waals surface area contributed by atoms with E-state index in [4.69, 9.17) is 9.15 Å². The highest BCUT2D eigenvalue weighted by molar-refractivity contribution is 7.07. The Balaban J connectivity index is 1.35. The summed E-state index contributed by atoms with van der Waals surface area (Å²) in [7, 11) is 0. The standard InChI is InChI=1S/C18H22N2O3S/c21-18(16-2-1-7-22-16)19-10-14-3-4-15-17(14)23-8-6-20(15)11-13-5-9-24-12-13/h1-2,5,7,9,12,14-15,17H,3-4,6,8,10-11H2,(H,19,21)/t14-,15-,17-/m0/s1. The topological polar surface area (TPSA) is 54.7 Å². The van der Waals surface area contributed by atoms with Gasteiger partial charge in [-0.05, 0) is 47.4 Å². The molecular weight excluding hydrogens is 324 g/mol. The van der Waals surface area contributed by atoms with Gasteiger partial charge < -0.3 is 14.5 Å². The number of ether oxygens (including phenoxy) is 1. The number of hydrogen-bond donors (Lipinski definition) is 1. The Bertz CT molecular complexity index is 656. The van der Waals surface area contributed by atoms with E-state index in [1.54, 1.807) is 23.5 Å². The van der Waals surface area contributed by atoms with Gasteiger partial charge in [0.2, 0.25) is 0 Å². The lowest BCUT2D eigenvalue weighted by Crippen LogP contribution is -2.50. The predicted octanol–water partition coefficient (Wildman–Crippen LogP) is 2.75. The van der Waals surface area contributed by atoms with Crippen molar-refractivity contribution in [1.82, 2.24) is 10.2 Å². The zero-order valence-electron chi connectivity index (χ0n) is 13.5. The number of carbonyl (C=O) groups is 1. The maximum absolute atomic E-state index is 12.0. The molecule has 4 rings (SSSR count). The van der Waals surface area contributed by atoms with Crippen LogP contribution >= 0.6 is 11.3 Å². The van der Waals surface area contributed by atoms with Crippen LogP contribution in [0.4, 0.5) is 0 Å². The summed E-state index contributed by atoms with van der Waals surface area (Å²) in [5.74, 6) is 0.599. The number of thiophene rings is 1. The number of nitrogens with zero attached hydrogens (tertiary/aromatic N) is 1. The van der Waals surface area contributed by atoms with Gasteiger partial charge in [0, 0.05) is 31.6 Å². The second-order valence-electron chi connectivity index (χ2n) is 6.53. The van der Waals surface area contributed by atoms with Crippen molar-refractivity contribution in [3.63, 3.8) is 0 Å². The van der Waals surface area contributed by atoms with Crippen LogP contribution in [0.25, 0.3) is 0 Å². The number of morpholine rings is 1. The van der Waals surface area contributed by atoms with Gasteiger partial charge in [0.05, 0.1) is 19.0 Å². The van der Waals surface area contributed by atoms with Gasteiger partial charge in [-0.2, -0.15) is 11.3 Å². The van der Waals surface area contributed by atoms with Crippen LogP contribution in [0.3, 0.4) is 0 Å². The molecule has 2 fully saturated rings. The summed E-state index contributed by atoms with van der Waals surface area (Å²) in [4.78, 5) is 14.6. The van der Waals surface area contributed by atoms with Crippen molar-refractivity contribution in [2.24, 2.45) is 5.92 Å². The van der Waals surface area contributed by atoms with Gasteiger partial charge in [-0.3, -0.25) is 9.69 Å². The largest absolute Gasteiger partial charge is 0.459 e. The molecule has 6 heteroatoms. The summed E-state index contributed by atoms with van der Waals surface area (Å²) in [6.07, 6.45) is 3.96. The maximum Gasteiger partial charge on any atom is 0.286 e. The Morgan fingerprint density at radius 3 is 3.12 bits per heavy atom. The van der Waals surface area contributed by atoms with Crippen molar-refractivity contribution in [1.29, 1.82) is 0 Å². The fraction of sp³-hybridized carbons (Fsp3) is 0.500. The Labute approximate surface area is 145 Å². The molecule has 1 amide bonds. The number of hydrogen-bond acceptors (Lipinski definition) is 5. The number of amides is 1.